The summed E-state index contributed by atoms with van der Waals surface area (Å²) in [4.78, 5) is 12.4. The number of hydrogen-bond acceptors (Lipinski definition) is 2. The Kier molecular flexibility index (Phi) is 3.81. The summed E-state index contributed by atoms with van der Waals surface area (Å²) in [7, 11) is 0. The molecule has 3 saturated carbocycles. The molecular formula is C22H34O2. The fourth-order valence-electron chi connectivity index (χ4n) is 7.87. The zero-order chi connectivity index (χ0) is 17.3. The second kappa shape index (κ2) is 5.43. The number of aliphatic hydroxyl groups excluding tert-OH is 1. The summed E-state index contributed by atoms with van der Waals surface area (Å²) < 4.78 is 0. The summed E-state index contributed by atoms with van der Waals surface area (Å²) in [5.41, 5.74) is 2.07. The molecular weight excluding hydrogens is 296 g/mol. The fourth-order valence-corrected chi connectivity index (χ4v) is 7.87. The number of fused-ring (bicyclic) bond motifs is 5. The molecule has 0 aromatic heterocycles. The molecule has 8 atom stereocenters. The highest BCUT2D eigenvalue weighted by molar-refractivity contribution is 5.80. The topological polar surface area (TPSA) is 37.3 Å². The van der Waals surface area contributed by atoms with Crippen LogP contribution in [-0.2, 0) is 4.79 Å². The molecule has 0 spiro atoms. The first kappa shape index (κ1) is 16.8. The Labute approximate surface area is 147 Å². The van der Waals surface area contributed by atoms with Gasteiger partial charge in [0.05, 0.1) is 6.10 Å². The number of ketones is 1. The van der Waals surface area contributed by atoms with Gasteiger partial charge in [0.2, 0.25) is 0 Å². The van der Waals surface area contributed by atoms with Gasteiger partial charge < -0.3 is 5.11 Å². The number of rotatable bonds is 1. The molecule has 4 rings (SSSR count). The van der Waals surface area contributed by atoms with Gasteiger partial charge in [-0.15, -0.1) is 0 Å². The van der Waals surface area contributed by atoms with E-state index in [1.165, 1.54) is 25.7 Å². The van der Waals surface area contributed by atoms with Crippen molar-refractivity contribution in [2.24, 2.45) is 40.4 Å². The van der Waals surface area contributed by atoms with Gasteiger partial charge in [0, 0.05) is 5.92 Å². The monoisotopic (exact) mass is 330 g/mol. The molecule has 0 amide bonds. The predicted molar refractivity (Wildman–Crippen MR) is 96.4 cm³/mol. The van der Waals surface area contributed by atoms with Crippen LogP contribution in [0.5, 0.6) is 0 Å². The highest BCUT2D eigenvalue weighted by Crippen LogP contribution is 2.67. The maximum atomic E-state index is 12.4. The van der Waals surface area contributed by atoms with E-state index in [4.69, 9.17) is 0 Å². The molecule has 1 N–H and O–H groups in total. The Morgan fingerprint density at radius 3 is 2.67 bits per heavy atom. The van der Waals surface area contributed by atoms with E-state index >= 15 is 0 Å². The van der Waals surface area contributed by atoms with Crippen molar-refractivity contribution in [1.29, 1.82) is 0 Å². The van der Waals surface area contributed by atoms with Gasteiger partial charge >= 0.3 is 0 Å². The summed E-state index contributed by atoms with van der Waals surface area (Å²) in [6.07, 6.45) is 10.3. The van der Waals surface area contributed by atoms with Gasteiger partial charge in [0.25, 0.3) is 0 Å². The minimum Gasteiger partial charge on any atom is -0.393 e. The highest BCUT2D eigenvalue weighted by atomic mass is 16.3. The summed E-state index contributed by atoms with van der Waals surface area (Å²) in [6.45, 7) is 9.04. The van der Waals surface area contributed by atoms with E-state index in [-0.39, 0.29) is 17.4 Å². The van der Waals surface area contributed by atoms with Crippen LogP contribution in [0.2, 0.25) is 0 Å². The largest absolute Gasteiger partial charge is 0.393 e. The Morgan fingerprint density at radius 2 is 1.96 bits per heavy atom. The first-order valence-corrected chi connectivity index (χ1v) is 10.2. The third kappa shape index (κ3) is 2.14. The lowest BCUT2D eigenvalue weighted by molar-refractivity contribution is -0.128. The van der Waals surface area contributed by atoms with Crippen LogP contribution in [0.15, 0.2) is 11.6 Å². The van der Waals surface area contributed by atoms with Crippen molar-refractivity contribution >= 4 is 5.78 Å². The van der Waals surface area contributed by atoms with Crippen molar-refractivity contribution in [1.82, 2.24) is 0 Å². The van der Waals surface area contributed by atoms with Crippen LogP contribution in [0.3, 0.4) is 0 Å². The molecule has 0 aromatic carbocycles. The lowest BCUT2D eigenvalue weighted by atomic mass is 9.47. The molecule has 0 aromatic rings. The first-order valence-electron chi connectivity index (χ1n) is 10.2. The average Bonchev–Trinajstić information content (AvgIpc) is 2.78. The molecule has 0 radical (unpaired) electrons. The van der Waals surface area contributed by atoms with E-state index in [0.717, 1.165) is 31.1 Å². The standard InChI is InChI=1S/C22H34O2/c1-13-11-19-17-6-5-15-12-16(24)7-9-21(15,3)18(17)8-10-22(19,4)20(13)14(2)23/h5,13,16-20,24H,6-12H2,1-4H3/t13-,16+,17-,18-,19+,20-,21+,22+/m0/s1. The van der Waals surface area contributed by atoms with E-state index in [1.54, 1.807) is 5.57 Å². The second-order valence-electron chi connectivity index (χ2n) is 10.0. The van der Waals surface area contributed by atoms with Crippen LogP contribution >= 0.6 is 0 Å². The summed E-state index contributed by atoms with van der Waals surface area (Å²) in [5.74, 6) is 3.46. The molecule has 2 heteroatoms. The van der Waals surface area contributed by atoms with Crippen molar-refractivity contribution < 1.29 is 9.90 Å². The molecule has 3 fully saturated rings. The number of aliphatic hydroxyl groups is 1. The zero-order valence-electron chi connectivity index (χ0n) is 15.8. The molecule has 2 nitrogen and oxygen atoms in total. The molecule has 4 aliphatic carbocycles. The van der Waals surface area contributed by atoms with Gasteiger partial charge in [-0.3, -0.25) is 4.79 Å². The highest BCUT2D eigenvalue weighted by Gasteiger charge is 2.61. The van der Waals surface area contributed by atoms with Gasteiger partial charge in [0.1, 0.15) is 5.78 Å². The van der Waals surface area contributed by atoms with Crippen LogP contribution < -0.4 is 0 Å². The van der Waals surface area contributed by atoms with Crippen molar-refractivity contribution in [3.8, 4) is 0 Å². The number of carbonyl (C=O) groups is 1. The van der Waals surface area contributed by atoms with Crippen LogP contribution in [0.1, 0.15) is 72.6 Å². The summed E-state index contributed by atoms with van der Waals surface area (Å²) >= 11 is 0. The van der Waals surface area contributed by atoms with Crippen LogP contribution in [-0.4, -0.2) is 17.0 Å². The van der Waals surface area contributed by atoms with Crippen molar-refractivity contribution in [3.63, 3.8) is 0 Å². The lowest BCUT2D eigenvalue weighted by Gasteiger charge is -2.57. The smallest absolute Gasteiger partial charge is 0.133 e. The van der Waals surface area contributed by atoms with Crippen LogP contribution in [0, 0.1) is 40.4 Å². The van der Waals surface area contributed by atoms with E-state index in [1.807, 2.05) is 6.92 Å². The molecule has 24 heavy (non-hydrogen) atoms. The maximum absolute atomic E-state index is 12.4. The van der Waals surface area contributed by atoms with E-state index < -0.39 is 0 Å². The molecule has 0 saturated heterocycles. The SMILES string of the molecule is CC(=O)[C@@H]1[C@@H](C)C[C@@H]2[C@H]3CC=C4C[C@H](O)CC[C@@]4(C)[C@H]3CC[C@]21C. The van der Waals surface area contributed by atoms with Crippen LogP contribution in [0.25, 0.3) is 0 Å². The van der Waals surface area contributed by atoms with Crippen molar-refractivity contribution in [2.45, 2.75) is 78.7 Å². The van der Waals surface area contributed by atoms with E-state index in [0.29, 0.717) is 23.0 Å². The van der Waals surface area contributed by atoms with Gasteiger partial charge in [-0.05, 0) is 86.4 Å². The quantitative estimate of drug-likeness (QED) is 0.704. The Balaban J connectivity index is 1.68. The predicted octanol–water partition coefficient (Wildman–Crippen LogP) is 4.76. The van der Waals surface area contributed by atoms with Gasteiger partial charge in [0.15, 0.2) is 0 Å². The number of allylic oxidation sites excluding steroid dienone is 1. The molecule has 4 aliphatic rings. The Morgan fingerprint density at radius 1 is 1.21 bits per heavy atom. The number of hydrogen-bond donors (Lipinski definition) is 1. The molecule has 0 aliphatic heterocycles. The van der Waals surface area contributed by atoms with Crippen LogP contribution in [0.4, 0.5) is 0 Å². The van der Waals surface area contributed by atoms with E-state index in [2.05, 4.69) is 26.8 Å². The Hall–Kier alpha value is -0.630. The third-order valence-electron chi connectivity index (χ3n) is 8.86. The van der Waals surface area contributed by atoms with Crippen molar-refractivity contribution in [2.75, 3.05) is 0 Å². The fraction of sp³-hybridized carbons (Fsp3) is 0.864. The third-order valence-corrected chi connectivity index (χ3v) is 8.86. The molecule has 0 bridgehead atoms. The first-order chi connectivity index (χ1) is 11.3. The number of carbonyl (C=O) groups excluding carboxylic acids is 1. The lowest BCUT2D eigenvalue weighted by Crippen LogP contribution is -2.51. The second-order valence-corrected chi connectivity index (χ2v) is 10.0. The van der Waals surface area contributed by atoms with Gasteiger partial charge in [-0.2, -0.15) is 0 Å². The van der Waals surface area contributed by atoms with E-state index in [9.17, 15) is 9.90 Å². The molecule has 0 heterocycles. The zero-order valence-corrected chi connectivity index (χ0v) is 15.8. The minimum atomic E-state index is -0.122. The number of Topliss-reactive ketones (excluding diaryl/α,β-unsaturated/α-hetero) is 1. The Bertz CT molecular complexity index is 579. The summed E-state index contributed by atoms with van der Waals surface area (Å²) in [5, 5.41) is 10.1. The van der Waals surface area contributed by atoms with Gasteiger partial charge in [-0.1, -0.05) is 32.4 Å². The van der Waals surface area contributed by atoms with Gasteiger partial charge in [-0.25, -0.2) is 0 Å². The van der Waals surface area contributed by atoms with Crippen molar-refractivity contribution in [3.05, 3.63) is 11.6 Å². The summed E-state index contributed by atoms with van der Waals surface area (Å²) in [6, 6.07) is 0. The normalized spacial score (nSPS) is 53.6. The maximum Gasteiger partial charge on any atom is 0.133 e. The molecule has 134 valence electrons. The average molecular weight is 331 g/mol. The minimum absolute atomic E-state index is 0.122. The molecule has 0 unspecified atom stereocenters.